The molecule has 3 aromatic rings. The van der Waals surface area contributed by atoms with Crippen LogP contribution in [-0.4, -0.2) is 53.6 Å². The Kier molecular flexibility index (Phi) is 5.44. The zero-order chi connectivity index (χ0) is 23.2. The molecule has 1 saturated heterocycles. The number of alkyl halides is 1. The predicted octanol–water partition coefficient (Wildman–Crippen LogP) is 4.20. The highest BCUT2D eigenvalue weighted by atomic mass is 32.2. The topological polar surface area (TPSA) is 116 Å². The van der Waals surface area contributed by atoms with Gasteiger partial charge in [-0.1, -0.05) is 0 Å². The molecule has 33 heavy (non-hydrogen) atoms. The summed E-state index contributed by atoms with van der Waals surface area (Å²) in [5.41, 5.74) is 0.277. The summed E-state index contributed by atoms with van der Waals surface area (Å²) in [7, 11) is -3.34. The molecule has 1 aromatic carbocycles. The standard InChI is InChI=1S/C21H24FN7O2S2.2H2/c1-13-9-18(27-26-13)23-17-10-19(29-11-21(22,12-29)14-3-4-14)25-20(24-17)32-16-7-5-15(6-8-16)28-33(2,30)31;;/h5-10,14,28H,3-4,11-12H2,1-2H3,(H2,23,24,25,26,27);2*1H. The van der Waals surface area contributed by atoms with E-state index in [0.717, 1.165) is 29.7 Å². The van der Waals surface area contributed by atoms with Crippen molar-refractivity contribution in [3.63, 3.8) is 0 Å². The number of aromatic nitrogens is 4. The Morgan fingerprint density at radius 2 is 1.91 bits per heavy atom. The van der Waals surface area contributed by atoms with E-state index in [0.29, 0.717) is 41.4 Å². The number of aryl methyl sites for hydroxylation is 1. The fourth-order valence-corrected chi connectivity index (χ4v) is 5.15. The van der Waals surface area contributed by atoms with Crippen LogP contribution in [0.15, 0.2) is 46.5 Å². The van der Waals surface area contributed by atoms with Gasteiger partial charge in [0.05, 0.1) is 19.3 Å². The maximum absolute atomic E-state index is 14.9. The maximum Gasteiger partial charge on any atom is 0.229 e. The lowest BCUT2D eigenvalue weighted by molar-refractivity contribution is 0.0924. The van der Waals surface area contributed by atoms with Gasteiger partial charge < -0.3 is 10.2 Å². The van der Waals surface area contributed by atoms with Crippen molar-refractivity contribution < 1.29 is 15.7 Å². The van der Waals surface area contributed by atoms with Gasteiger partial charge in [-0.25, -0.2) is 22.8 Å². The largest absolute Gasteiger partial charge is 0.350 e. The van der Waals surface area contributed by atoms with Gasteiger partial charge in [0, 0.05) is 31.3 Å². The molecule has 2 aromatic heterocycles. The Hall–Kier alpha value is -2.86. The van der Waals surface area contributed by atoms with Gasteiger partial charge in [-0.3, -0.25) is 9.82 Å². The number of halogens is 1. The first-order valence-electron chi connectivity index (χ1n) is 10.5. The first-order valence-corrected chi connectivity index (χ1v) is 13.2. The fraction of sp³-hybridized carbons (Fsp3) is 0.381. The van der Waals surface area contributed by atoms with E-state index in [1.54, 1.807) is 30.3 Å². The molecule has 0 unspecified atom stereocenters. The van der Waals surface area contributed by atoms with Gasteiger partial charge >= 0.3 is 0 Å². The number of H-pyrrole nitrogens is 1. The Labute approximate surface area is 198 Å². The van der Waals surface area contributed by atoms with E-state index in [1.165, 1.54) is 11.8 Å². The van der Waals surface area contributed by atoms with Crippen LogP contribution in [-0.2, 0) is 10.0 Å². The number of sulfonamides is 1. The summed E-state index contributed by atoms with van der Waals surface area (Å²) in [6, 6.07) is 10.6. The predicted molar refractivity (Wildman–Crippen MR) is 131 cm³/mol. The van der Waals surface area contributed by atoms with Crippen LogP contribution in [0, 0.1) is 12.8 Å². The lowest BCUT2D eigenvalue weighted by Gasteiger charge is -2.45. The number of hydrogen-bond acceptors (Lipinski definition) is 8. The maximum atomic E-state index is 14.9. The summed E-state index contributed by atoms with van der Waals surface area (Å²) < 4.78 is 40.2. The SMILES string of the molecule is Cc1cc(Nc2cc(N3CC(F)(C4CC4)C3)nc(Sc3ccc(NS(C)(=O)=O)cc3)n2)n[nH]1.[HH].[HH]. The zero-order valence-electron chi connectivity index (χ0n) is 18.2. The molecule has 2 fully saturated rings. The van der Waals surface area contributed by atoms with Crippen LogP contribution in [0.2, 0.25) is 0 Å². The number of aromatic amines is 1. The molecule has 3 heterocycles. The second-order valence-corrected chi connectivity index (χ2v) is 11.4. The summed E-state index contributed by atoms with van der Waals surface area (Å²) in [6.07, 6.45) is 3.03. The molecule has 0 spiro atoms. The van der Waals surface area contributed by atoms with Crippen LogP contribution >= 0.6 is 11.8 Å². The Morgan fingerprint density at radius 1 is 1.18 bits per heavy atom. The molecule has 0 bridgehead atoms. The van der Waals surface area contributed by atoms with Crippen LogP contribution in [0.3, 0.4) is 0 Å². The highest BCUT2D eigenvalue weighted by Crippen LogP contribution is 2.48. The molecule has 0 atom stereocenters. The van der Waals surface area contributed by atoms with Gasteiger partial charge in [0.2, 0.25) is 10.0 Å². The van der Waals surface area contributed by atoms with Crippen LogP contribution in [0.25, 0.3) is 0 Å². The van der Waals surface area contributed by atoms with Gasteiger partial charge in [-0.2, -0.15) is 5.10 Å². The molecule has 0 amide bonds. The molecule has 12 heteroatoms. The van der Waals surface area contributed by atoms with Gasteiger partial charge in [-0.15, -0.1) is 0 Å². The Morgan fingerprint density at radius 3 is 2.52 bits per heavy atom. The first-order chi connectivity index (χ1) is 15.6. The second kappa shape index (κ2) is 8.17. The van der Waals surface area contributed by atoms with Crippen molar-refractivity contribution in [3.05, 3.63) is 42.1 Å². The minimum atomic E-state index is -3.34. The van der Waals surface area contributed by atoms with E-state index in [1.807, 2.05) is 17.9 Å². The average molecular weight is 494 g/mol. The summed E-state index contributed by atoms with van der Waals surface area (Å²) in [5.74, 6) is 2.03. The number of hydrogen-bond donors (Lipinski definition) is 3. The van der Waals surface area contributed by atoms with Gasteiger partial charge in [0.1, 0.15) is 17.3 Å². The monoisotopic (exact) mass is 493 g/mol. The highest BCUT2D eigenvalue weighted by Gasteiger charge is 2.54. The van der Waals surface area contributed by atoms with E-state index in [2.05, 4.69) is 30.2 Å². The minimum Gasteiger partial charge on any atom is -0.350 e. The second-order valence-electron chi connectivity index (χ2n) is 8.62. The normalized spacial score (nSPS) is 17.5. The van der Waals surface area contributed by atoms with Crippen molar-refractivity contribution >= 4 is 44.9 Å². The van der Waals surface area contributed by atoms with Crippen molar-refractivity contribution in [2.24, 2.45) is 5.92 Å². The summed E-state index contributed by atoms with van der Waals surface area (Å²) >= 11 is 1.34. The molecule has 2 aliphatic rings. The molecule has 9 nitrogen and oxygen atoms in total. The van der Waals surface area contributed by atoms with Crippen LogP contribution < -0.4 is 14.9 Å². The summed E-state index contributed by atoms with van der Waals surface area (Å²) in [6.45, 7) is 2.59. The van der Waals surface area contributed by atoms with E-state index >= 15 is 0 Å². The first kappa shape index (κ1) is 22.0. The van der Waals surface area contributed by atoms with E-state index in [4.69, 9.17) is 0 Å². The zero-order valence-corrected chi connectivity index (χ0v) is 19.8. The van der Waals surface area contributed by atoms with Crippen molar-refractivity contribution in [2.75, 3.05) is 34.3 Å². The molecule has 1 aliphatic heterocycles. The molecule has 1 aliphatic carbocycles. The van der Waals surface area contributed by atoms with Crippen LogP contribution in [0.4, 0.5) is 27.5 Å². The minimum absolute atomic E-state index is 0. The molecule has 1 saturated carbocycles. The third-order valence-corrected chi connectivity index (χ3v) is 7.04. The molecule has 5 rings (SSSR count). The number of rotatable bonds is 8. The smallest absolute Gasteiger partial charge is 0.229 e. The fourth-order valence-electron chi connectivity index (χ4n) is 3.82. The van der Waals surface area contributed by atoms with Crippen LogP contribution in [0.5, 0.6) is 0 Å². The molecule has 0 radical (unpaired) electrons. The van der Waals surface area contributed by atoms with Gasteiger partial charge in [0.25, 0.3) is 0 Å². The Balaban J connectivity index is 0.00000171. The number of benzene rings is 1. The number of anilines is 4. The number of nitrogens with zero attached hydrogens (tertiary/aromatic N) is 4. The summed E-state index contributed by atoms with van der Waals surface area (Å²) in [5, 5.41) is 10.8. The van der Waals surface area contributed by atoms with Crippen molar-refractivity contribution in [1.29, 1.82) is 0 Å². The quantitative estimate of drug-likeness (QED) is 0.400. The number of nitrogens with one attached hydrogen (secondary N) is 3. The Bertz CT molecular complexity index is 1280. The molecular formula is C21H28FN7O2S2. The van der Waals surface area contributed by atoms with Crippen molar-refractivity contribution in [3.8, 4) is 0 Å². The summed E-state index contributed by atoms with van der Waals surface area (Å²) in [4.78, 5) is 12.0. The van der Waals surface area contributed by atoms with Gasteiger partial charge in [-0.05, 0) is 61.7 Å². The molecular weight excluding hydrogens is 465 g/mol. The third-order valence-electron chi connectivity index (χ3n) is 5.56. The van der Waals surface area contributed by atoms with E-state index in [-0.39, 0.29) is 8.77 Å². The van der Waals surface area contributed by atoms with Crippen LogP contribution in [0.1, 0.15) is 21.4 Å². The lowest BCUT2D eigenvalue weighted by atomic mass is 9.91. The van der Waals surface area contributed by atoms with E-state index in [9.17, 15) is 12.8 Å². The van der Waals surface area contributed by atoms with E-state index < -0.39 is 15.7 Å². The average Bonchev–Trinajstić information content (AvgIpc) is 3.49. The van der Waals surface area contributed by atoms with Gasteiger partial charge in [0.15, 0.2) is 11.0 Å². The lowest BCUT2D eigenvalue weighted by Crippen LogP contribution is -2.60. The van der Waals surface area contributed by atoms with Crippen molar-refractivity contribution in [2.45, 2.75) is 35.5 Å². The van der Waals surface area contributed by atoms with Crippen molar-refractivity contribution in [1.82, 2.24) is 20.2 Å². The third kappa shape index (κ3) is 5.22. The highest BCUT2D eigenvalue weighted by molar-refractivity contribution is 7.99. The molecule has 3 N–H and O–H groups in total. The molecule has 178 valence electrons.